The summed E-state index contributed by atoms with van der Waals surface area (Å²) >= 11 is 0. The second-order valence-electron chi connectivity index (χ2n) is 5.83. The Morgan fingerprint density at radius 2 is 2.00 bits per heavy atom. The number of carbonyl (C=O) groups is 1. The Hall–Kier alpha value is -0.610. The molecule has 0 heterocycles. The number of carbonyl (C=O) groups excluding carboxylic acids is 1. The minimum atomic E-state index is 0.174. The molecule has 0 spiro atoms. The maximum Gasteiger partial charge on any atom is 0.223 e. The van der Waals surface area contributed by atoms with Crippen LogP contribution in [-0.2, 0) is 4.79 Å². The molecular weight excluding hydrogens is 238 g/mol. The smallest absolute Gasteiger partial charge is 0.223 e. The lowest BCUT2D eigenvalue weighted by Crippen LogP contribution is -2.41. The van der Waals surface area contributed by atoms with E-state index in [1.165, 1.54) is 0 Å². The minimum absolute atomic E-state index is 0.174. The number of hydrogen-bond donors (Lipinski definition) is 2. The first-order valence-electron chi connectivity index (χ1n) is 7.84. The van der Waals surface area contributed by atoms with Gasteiger partial charge in [-0.15, -0.1) is 0 Å². The highest BCUT2D eigenvalue weighted by Crippen LogP contribution is 2.29. The van der Waals surface area contributed by atoms with E-state index < -0.39 is 0 Å². The van der Waals surface area contributed by atoms with Gasteiger partial charge in [0.25, 0.3) is 0 Å². The van der Waals surface area contributed by atoms with Crippen LogP contribution in [0.15, 0.2) is 0 Å². The molecule has 19 heavy (non-hydrogen) atoms. The molecule has 112 valence electrons. The standard InChI is InChI=1S/C15H31N3O/c1-4-18(5-2)10-6-9-17-15(19)14-8-7-13(16)11-12(14)3/h12-14H,4-11,16H2,1-3H3,(H,17,19). The lowest BCUT2D eigenvalue weighted by molar-refractivity contribution is -0.127. The average molecular weight is 269 g/mol. The summed E-state index contributed by atoms with van der Waals surface area (Å²) in [6.07, 6.45) is 3.96. The first-order chi connectivity index (χ1) is 9.08. The highest BCUT2D eigenvalue weighted by molar-refractivity contribution is 5.79. The van der Waals surface area contributed by atoms with Crippen molar-refractivity contribution in [3.8, 4) is 0 Å². The van der Waals surface area contributed by atoms with Gasteiger partial charge < -0.3 is 16.0 Å². The van der Waals surface area contributed by atoms with Crippen molar-refractivity contribution in [2.24, 2.45) is 17.6 Å². The Labute approximate surface area is 118 Å². The molecule has 1 saturated carbocycles. The molecule has 0 radical (unpaired) electrons. The van der Waals surface area contributed by atoms with Crippen LogP contribution in [0.4, 0.5) is 0 Å². The lowest BCUT2D eigenvalue weighted by Gasteiger charge is -2.31. The summed E-state index contributed by atoms with van der Waals surface area (Å²) in [5.74, 6) is 0.832. The predicted octanol–water partition coefficient (Wildman–Crippen LogP) is 1.60. The lowest BCUT2D eigenvalue weighted by atomic mass is 9.78. The molecule has 4 heteroatoms. The van der Waals surface area contributed by atoms with Crippen LogP contribution in [0, 0.1) is 11.8 Å². The van der Waals surface area contributed by atoms with Crippen LogP contribution in [0.25, 0.3) is 0 Å². The summed E-state index contributed by atoms with van der Waals surface area (Å²) in [4.78, 5) is 14.5. The van der Waals surface area contributed by atoms with Gasteiger partial charge >= 0.3 is 0 Å². The summed E-state index contributed by atoms with van der Waals surface area (Å²) in [5.41, 5.74) is 5.94. The Bertz CT molecular complexity index is 266. The molecule has 1 rings (SSSR count). The van der Waals surface area contributed by atoms with Crippen LogP contribution in [0.1, 0.15) is 46.5 Å². The van der Waals surface area contributed by atoms with Crippen molar-refractivity contribution in [1.29, 1.82) is 0 Å². The summed E-state index contributed by atoms with van der Waals surface area (Å²) in [6, 6.07) is 0.293. The van der Waals surface area contributed by atoms with E-state index >= 15 is 0 Å². The quantitative estimate of drug-likeness (QED) is 0.690. The zero-order valence-electron chi connectivity index (χ0n) is 12.8. The Kier molecular flexibility index (Phi) is 7.39. The molecule has 1 fully saturated rings. The summed E-state index contributed by atoms with van der Waals surface area (Å²) in [6.45, 7) is 10.5. The van der Waals surface area contributed by atoms with Crippen LogP contribution in [-0.4, -0.2) is 43.0 Å². The molecule has 3 N–H and O–H groups in total. The monoisotopic (exact) mass is 269 g/mol. The Morgan fingerprint density at radius 3 is 2.58 bits per heavy atom. The topological polar surface area (TPSA) is 58.4 Å². The largest absolute Gasteiger partial charge is 0.356 e. The first-order valence-corrected chi connectivity index (χ1v) is 7.84. The molecule has 0 aliphatic heterocycles. The number of nitrogens with one attached hydrogen (secondary N) is 1. The third-order valence-corrected chi connectivity index (χ3v) is 4.39. The zero-order chi connectivity index (χ0) is 14.3. The van der Waals surface area contributed by atoms with Gasteiger partial charge in [0.15, 0.2) is 0 Å². The Balaban J connectivity index is 2.20. The third-order valence-electron chi connectivity index (χ3n) is 4.39. The van der Waals surface area contributed by atoms with E-state index in [1.54, 1.807) is 0 Å². The van der Waals surface area contributed by atoms with E-state index in [2.05, 4.69) is 31.0 Å². The molecule has 0 aromatic rings. The van der Waals surface area contributed by atoms with Crippen LogP contribution in [0.2, 0.25) is 0 Å². The number of hydrogen-bond acceptors (Lipinski definition) is 3. The molecule has 4 nitrogen and oxygen atoms in total. The van der Waals surface area contributed by atoms with Gasteiger partial charge in [0.05, 0.1) is 0 Å². The second kappa shape index (κ2) is 8.54. The molecule has 1 aliphatic carbocycles. The van der Waals surface area contributed by atoms with E-state index in [1.807, 2.05) is 0 Å². The number of amides is 1. The van der Waals surface area contributed by atoms with Gasteiger partial charge in [-0.3, -0.25) is 4.79 Å². The van der Waals surface area contributed by atoms with Crippen LogP contribution in [0.3, 0.4) is 0 Å². The highest BCUT2D eigenvalue weighted by atomic mass is 16.1. The van der Waals surface area contributed by atoms with Crippen molar-refractivity contribution in [3.63, 3.8) is 0 Å². The molecule has 0 bridgehead atoms. The second-order valence-corrected chi connectivity index (χ2v) is 5.83. The zero-order valence-corrected chi connectivity index (χ0v) is 12.8. The van der Waals surface area contributed by atoms with Gasteiger partial charge in [0, 0.05) is 18.5 Å². The van der Waals surface area contributed by atoms with E-state index in [0.717, 1.165) is 51.9 Å². The molecule has 3 unspecified atom stereocenters. The van der Waals surface area contributed by atoms with Gasteiger partial charge in [-0.2, -0.15) is 0 Å². The van der Waals surface area contributed by atoms with Crippen molar-refractivity contribution in [2.75, 3.05) is 26.2 Å². The molecule has 0 saturated heterocycles. The van der Waals surface area contributed by atoms with Gasteiger partial charge in [0.1, 0.15) is 0 Å². The van der Waals surface area contributed by atoms with E-state index in [9.17, 15) is 4.79 Å². The third kappa shape index (κ3) is 5.49. The molecule has 0 aromatic carbocycles. The van der Waals surface area contributed by atoms with Crippen LogP contribution >= 0.6 is 0 Å². The highest BCUT2D eigenvalue weighted by Gasteiger charge is 2.30. The average Bonchev–Trinajstić information content (AvgIpc) is 2.38. The fraction of sp³-hybridized carbons (Fsp3) is 0.933. The van der Waals surface area contributed by atoms with Crippen molar-refractivity contribution >= 4 is 5.91 Å². The van der Waals surface area contributed by atoms with Crippen molar-refractivity contribution in [1.82, 2.24) is 10.2 Å². The van der Waals surface area contributed by atoms with E-state index in [4.69, 9.17) is 5.73 Å². The maximum absolute atomic E-state index is 12.1. The molecule has 1 aliphatic rings. The van der Waals surface area contributed by atoms with Crippen molar-refractivity contribution in [3.05, 3.63) is 0 Å². The number of nitrogens with zero attached hydrogens (tertiary/aromatic N) is 1. The fourth-order valence-corrected chi connectivity index (χ4v) is 3.01. The van der Waals surface area contributed by atoms with Crippen LogP contribution < -0.4 is 11.1 Å². The van der Waals surface area contributed by atoms with Gasteiger partial charge in [-0.05, 0) is 51.2 Å². The Morgan fingerprint density at radius 1 is 1.32 bits per heavy atom. The maximum atomic E-state index is 12.1. The first kappa shape index (κ1) is 16.4. The van der Waals surface area contributed by atoms with Gasteiger partial charge in [0.2, 0.25) is 5.91 Å². The number of rotatable bonds is 7. The van der Waals surface area contributed by atoms with Crippen LogP contribution in [0.5, 0.6) is 0 Å². The molecule has 1 amide bonds. The van der Waals surface area contributed by atoms with Crippen molar-refractivity contribution in [2.45, 2.75) is 52.5 Å². The summed E-state index contributed by atoms with van der Waals surface area (Å²) in [5, 5.41) is 3.09. The van der Waals surface area contributed by atoms with Gasteiger partial charge in [-0.1, -0.05) is 20.8 Å². The molecule has 3 atom stereocenters. The fourth-order valence-electron chi connectivity index (χ4n) is 3.01. The van der Waals surface area contributed by atoms with Crippen molar-refractivity contribution < 1.29 is 4.79 Å². The predicted molar refractivity (Wildman–Crippen MR) is 79.9 cm³/mol. The summed E-state index contributed by atoms with van der Waals surface area (Å²) < 4.78 is 0. The molecule has 0 aromatic heterocycles. The number of nitrogens with two attached hydrogens (primary N) is 1. The van der Waals surface area contributed by atoms with E-state index in [-0.39, 0.29) is 11.8 Å². The van der Waals surface area contributed by atoms with Gasteiger partial charge in [-0.25, -0.2) is 0 Å². The minimum Gasteiger partial charge on any atom is -0.356 e. The van der Waals surface area contributed by atoms with E-state index in [0.29, 0.717) is 12.0 Å². The summed E-state index contributed by atoms with van der Waals surface area (Å²) in [7, 11) is 0. The molecular formula is C15H31N3O. The normalized spacial score (nSPS) is 27.5. The SMILES string of the molecule is CCN(CC)CCCNC(=O)C1CCC(N)CC1C.